The number of rotatable bonds is 7. The van der Waals surface area contributed by atoms with Crippen LogP contribution in [0.2, 0.25) is 0 Å². The normalized spacial score (nSPS) is 9.62. The van der Waals surface area contributed by atoms with Crippen molar-refractivity contribution in [3.63, 3.8) is 0 Å². The van der Waals surface area contributed by atoms with Gasteiger partial charge in [0, 0.05) is 12.6 Å². The molecule has 7 heteroatoms. The van der Waals surface area contributed by atoms with Crippen molar-refractivity contribution >= 4 is 23.7 Å². The molecule has 0 aliphatic carbocycles. The number of oxime groups is 1. The van der Waals surface area contributed by atoms with Crippen LogP contribution < -0.4 is 0 Å². The SMILES string of the molecule is CCOC(=O)C(=[N+]=[N-])C(=O)CC/C=N/OC. The van der Waals surface area contributed by atoms with Gasteiger partial charge in [-0.3, -0.25) is 4.79 Å². The monoisotopic (exact) mass is 227 g/mol. The third kappa shape index (κ3) is 5.02. The molecule has 0 spiro atoms. The van der Waals surface area contributed by atoms with Crippen molar-refractivity contribution in [3.8, 4) is 0 Å². The molecule has 0 aromatic carbocycles. The van der Waals surface area contributed by atoms with E-state index >= 15 is 0 Å². The molecule has 7 nitrogen and oxygen atoms in total. The van der Waals surface area contributed by atoms with E-state index in [0.717, 1.165) is 0 Å². The van der Waals surface area contributed by atoms with E-state index in [0.29, 0.717) is 0 Å². The van der Waals surface area contributed by atoms with Crippen molar-refractivity contribution in [3.05, 3.63) is 5.53 Å². The highest BCUT2D eigenvalue weighted by Crippen LogP contribution is 1.93. The van der Waals surface area contributed by atoms with Crippen molar-refractivity contribution in [2.45, 2.75) is 19.8 Å². The molecule has 0 heterocycles. The Morgan fingerprint density at radius 3 is 2.69 bits per heavy atom. The molecule has 0 saturated heterocycles. The standard InChI is InChI=1S/C9H13N3O4/c1-3-16-9(14)8(12-10)7(13)5-4-6-11-15-2/h6H,3-5H2,1-2H3/b11-6+. The number of hydrogen-bond donors (Lipinski definition) is 0. The lowest BCUT2D eigenvalue weighted by Gasteiger charge is -1.95. The van der Waals surface area contributed by atoms with Crippen LogP contribution in [0.1, 0.15) is 19.8 Å². The maximum absolute atomic E-state index is 11.4. The Kier molecular flexibility index (Phi) is 7.27. The maximum atomic E-state index is 11.4. The summed E-state index contributed by atoms with van der Waals surface area (Å²) in [5.74, 6) is -1.54. The first-order valence-electron chi connectivity index (χ1n) is 4.64. The number of Topliss-reactive ketones (excluding diaryl/α,β-unsaturated/α-hetero) is 1. The Hall–Kier alpha value is -2.01. The summed E-state index contributed by atoms with van der Waals surface area (Å²) in [5, 5.41) is 3.41. The predicted octanol–water partition coefficient (Wildman–Crippen LogP) is 0.202. The highest BCUT2D eigenvalue weighted by Gasteiger charge is 2.29. The van der Waals surface area contributed by atoms with Gasteiger partial charge in [0.2, 0.25) is 0 Å². The number of ether oxygens (including phenoxy) is 1. The van der Waals surface area contributed by atoms with Crippen LogP contribution in [0.3, 0.4) is 0 Å². The fraction of sp³-hybridized carbons (Fsp3) is 0.556. The van der Waals surface area contributed by atoms with E-state index in [1.54, 1.807) is 6.92 Å². The summed E-state index contributed by atoms with van der Waals surface area (Å²) in [6.45, 7) is 1.69. The van der Waals surface area contributed by atoms with E-state index < -0.39 is 17.5 Å². The fourth-order valence-electron chi connectivity index (χ4n) is 0.851. The number of ketones is 1. The number of nitrogens with zero attached hydrogens (tertiary/aromatic N) is 3. The Morgan fingerprint density at radius 2 is 2.19 bits per heavy atom. The average Bonchev–Trinajstić information content (AvgIpc) is 2.26. The van der Waals surface area contributed by atoms with Gasteiger partial charge in [-0.1, -0.05) is 5.16 Å². The minimum Gasteiger partial charge on any atom is -0.457 e. The highest BCUT2D eigenvalue weighted by atomic mass is 16.6. The molecule has 0 aliphatic rings. The van der Waals surface area contributed by atoms with Gasteiger partial charge in [-0.15, -0.1) is 0 Å². The smallest absolute Gasteiger partial charge is 0.441 e. The van der Waals surface area contributed by atoms with Crippen molar-refractivity contribution in [2.75, 3.05) is 13.7 Å². The zero-order valence-electron chi connectivity index (χ0n) is 9.17. The van der Waals surface area contributed by atoms with E-state index in [1.165, 1.54) is 13.3 Å². The minimum absolute atomic E-state index is 0.00886. The van der Waals surface area contributed by atoms with Gasteiger partial charge in [0.25, 0.3) is 5.78 Å². The Bertz CT molecular complexity index is 332. The van der Waals surface area contributed by atoms with Crippen molar-refractivity contribution in [1.29, 1.82) is 0 Å². The molecule has 16 heavy (non-hydrogen) atoms. The van der Waals surface area contributed by atoms with Gasteiger partial charge in [-0.05, 0) is 13.3 Å². The Morgan fingerprint density at radius 1 is 1.50 bits per heavy atom. The van der Waals surface area contributed by atoms with Crippen LogP contribution in [-0.2, 0) is 19.2 Å². The third-order valence-electron chi connectivity index (χ3n) is 1.51. The number of carbonyl (C=O) groups excluding carboxylic acids is 2. The van der Waals surface area contributed by atoms with Crippen LogP contribution in [-0.4, -0.2) is 42.2 Å². The summed E-state index contributed by atoms with van der Waals surface area (Å²) in [4.78, 5) is 29.5. The van der Waals surface area contributed by atoms with E-state index in [2.05, 4.69) is 19.5 Å². The second kappa shape index (κ2) is 8.31. The van der Waals surface area contributed by atoms with E-state index in [9.17, 15) is 9.59 Å². The summed E-state index contributed by atoms with van der Waals surface area (Å²) in [6.07, 6.45) is 1.65. The van der Waals surface area contributed by atoms with Gasteiger partial charge in [-0.2, -0.15) is 4.79 Å². The van der Waals surface area contributed by atoms with E-state index in [4.69, 9.17) is 5.53 Å². The van der Waals surface area contributed by atoms with Crippen LogP contribution in [0, 0.1) is 0 Å². The molecule has 0 radical (unpaired) electrons. The molecule has 0 N–H and O–H groups in total. The lowest BCUT2D eigenvalue weighted by molar-refractivity contribution is -0.141. The number of esters is 1. The zero-order chi connectivity index (χ0) is 12.4. The summed E-state index contributed by atoms with van der Waals surface area (Å²) >= 11 is 0. The first-order chi connectivity index (χ1) is 7.67. The summed E-state index contributed by atoms with van der Waals surface area (Å²) < 4.78 is 4.53. The third-order valence-corrected chi connectivity index (χ3v) is 1.51. The van der Waals surface area contributed by atoms with Gasteiger partial charge < -0.3 is 15.1 Å². The van der Waals surface area contributed by atoms with Crippen LogP contribution in [0.5, 0.6) is 0 Å². The molecular weight excluding hydrogens is 214 g/mol. The molecule has 0 bridgehead atoms. The minimum atomic E-state index is -0.932. The quantitative estimate of drug-likeness (QED) is 0.155. The van der Waals surface area contributed by atoms with Crippen LogP contribution in [0.15, 0.2) is 5.16 Å². The van der Waals surface area contributed by atoms with Crippen molar-refractivity contribution in [2.24, 2.45) is 5.16 Å². The fourth-order valence-corrected chi connectivity index (χ4v) is 0.851. The van der Waals surface area contributed by atoms with E-state index in [-0.39, 0.29) is 19.4 Å². The molecule has 0 aromatic heterocycles. The van der Waals surface area contributed by atoms with Crippen molar-refractivity contribution < 1.29 is 24.0 Å². The molecular formula is C9H13N3O4. The predicted molar refractivity (Wildman–Crippen MR) is 55.0 cm³/mol. The molecule has 0 fully saturated rings. The van der Waals surface area contributed by atoms with Gasteiger partial charge in [-0.25, -0.2) is 4.79 Å². The molecule has 88 valence electrons. The van der Waals surface area contributed by atoms with Gasteiger partial charge in [0.15, 0.2) is 0 Å². The van der Waals surface area contributed by atoms with Crippen molar-refractivity contribution in [1.82, 2.24) is 0 Å². The van der Waals surface area contributed by atoms with Gasteiger partial charge in [0.05, 0.1) is 6.61 Å². The first kappa shape index (κ1) is 14.0. The van der Waals surface area contributed by atoms with Crippen LogP contribution in [0.4, 0.5) is 0 Å². The molecule has 0 saturated carbocycles. The second-order valence-electron chi connectivity index (χ2n) is 2.60. The molecule has 0 aromatic rings. The number of carbonyl (C=O) groups is 2. The lowest BCUT2D eigenvalue weighted by Crippen LogP contribution is -2.27. The maximum Gasteiger partial charge on any atom is 0.441 e. The number of hydrogen-bond acceptors (Lipinski definition) is 5. The average molecular weight is 227 g/mol. The molecule has 0 amide bonds. The van der Waals surface area contributed by atoms with Crippen LogP contribution >= 0.6 is 0 Å². The topological polar surface area (TPSA) is 101 Å². The molecule has 0 aliphatic heterocycles. The lowest BCUT2D eigenvalue weighted by atomic mass is 10.1. The second-order valence-corrected chi connectivity index (χ2v) is 2.60. The van der Waals surface area contributed by atoms with Crippen LogP contribution in [0.25, 0.3) is 5.53 Å². The first-order valence-corrected chi connectivity index (χ1v) is 4.64. The summed E-state index contributed by atoms with van der Waals surface area (Å²) in [5.41, 5.74) is 7.90. The molecule has 0 unspecified atom stereocenters. The summed E-state index contributed by atoms with van der Waals surface area (Å²) in [6, 6.07) is 0. The highest BCUT2D eigenvalue weighted by molar-refractivity contribution is 6.62. The molecule has 0 atom stereocenters. The van der Waals surface area contributed by atoms with E-state index in [1.807, 2.05) is 0 Å². The largest absolute Gasteiger partial charge is 0.457 e. The Labute approximate surface area is 92.6 Å². The molecule has 0 rings (SSSR count). The summed E-state index contributed by atoms with van der Waals surface area (Å²) in [7, 11) is 1.37. The van der Waals surface area contributed by atoms with Gasteiger partial charge in [0.1, 0.15) is 7.11 Å². The van der Waals surface area contributed by atoms with Gasteiger partial charge >= 0.3 is 11.7 Å². The zero-order valence-corrected chi connectivity index (χ0v) is 9.17. The Balaban J connectivity index is 4.29.